The van der Waals surface area contributed by atoms with Crippen molar-refractivity contribution < 1.29 is 14.3 Å². The Morgan fingerprint density at radius 1 is 1.19 bits per heavy atom. The average molecular weight is 418 g/mol. The minimum Gasteiger partial charge on any atom is -0.489 e. The van der Waals surface area contributed by atoms with Crippen LogP contribution in [0.1, 0.15) is 26.3 Å². The van der Waals surface area contributed by atoms with Crippen LogP contribution in [0.2, 0.25) is 0 Å². The second-order valence-corrected chi connectivity index (χ2v) is 7.71. The molecule has 138 valence electrons. The Bertz CT molecular complexity index is 781. The molecule has 0 aliphatic carbocycles. The molecule has 0 fully saturated rings. The monoisotopic (exact) mass is 417 g/mol. The van der Waals surface area contributed by atoms with Gasteiger partial charge in [-0.05, 0) is 51.2 Å². The van der Waals surface area contributed by atoms with Gasteiger partial charge in [0.1, 0.15) is 18.1 Å². The molecule has 2 aromatic rings. The van der Waals surface area contributed by atoms with E-state index in [0.717, 1.165) is 4.47 Å². The van der Waals surface area contributed by atoms with Gasteiger partial charge >= 0.3 is 0 Å². The van der Waals surface area contributed by atoms with Gasteiger partial charge in [0.2, 0.25) is 0 Å². The molecule has 2 rings (SSSR count). The number of hydrogen-bond donors (Lipinski definition) is 1. The first kappa shape index (κ1) is 20.0. The van der Waals surface area contributed by atoms with E-state index in [0.29, 0.717) is 23.8 Å². The quantitative estimate of drug-likeness (QED) is 0.619. The fourth-order valence-corrected chi connectivity index (χ4v) is 2.74. The summed E-state index contributed by atoms with van der Waals surface area (Å²) in [5.41, 5.74) is 1.90. The highest BCUT2D eigenvalue weighted by Crippen LogP contribution is 2.31. The van der Waals surface area contributed by atoms with E-state index in [1.165, 1.54) is 5.56 Å². The second-order valence-electron chi connectivity index (χ2n) is 6.86. The highest BCUT2D eigenvalue weighted by Gasteiger charge is 2.15. The van der Waals surface area contributed by atoms with Gasteiger partial charge < -0.3 is 14.8 Å². The molecule has 2 aromatic carbocycles. The molecule has 4 nitrogen and oxygen atoms in total. The number of halogens is 1. The second kappa shape index (κ2) is 8.90. The van der Waals surface area contributed by atoms with E-state index < -0.39 is 0 Å². The van der Waals surface area contributed by atoms with Crippen molar-refractivity contribution in [3.8, 4) is 11.5 Å². The summed E-state index contributed by atoms with van der Waals surface area (Å²) in [7, 11) is 0. The third kappa shape index (κ3) is 5.92. The normalized spacial score (nSPS) is 10.9. The first-order valence-corrected chi connectivity index (χ1v) is 9.15. The van der Waals surface area contributed by atoms with Crippen LogP contribution in [0.3, 0.4) is 0 Å². The van der Waals surface area contributed by atoms with Crippen molar-refractivity contribution in [3.05, 3.63) is 65.2 Å². The minimum absolute atomic E-state index is 0.0527. The summed E-state index contributed by atoms with van der Waals surface area (Å²) in [6, 6.07) is 13.1. The number of carbonyl (C=O) groups excluding carboxylic acids is 1. The van der Waals surface area contributed by atoms with Gasteiger partial charge in [-0.3, -0.25) is 4.79 Å². The van der Waals surface area contributed by atoms with E-state index in [-0.39, 0.29) is 17.9 Å². The smallest absolute Gasteiger partial charge is 0.262 e. The predicted molar refractivity (Wildman–Crippen MR) is 109 cm³/mol. The number of hydrogen-bond acceptors (Lipinski definition) is 3. The number of amides is 1. The van der Waals surface area contributed by atoms with Crippen LogP contribution in [0.15, 0.2) is 59.6 Å². The maximum Gasteiger partial charge on any atom is 0.262 e. The van der Waals surface area contributed by atoms with E-state index in [4.69, 9.17) is 9.47 Å². The molecule has 0 unspecified atom stereocenters. The van der Waals surface area contributed by atoms with Crippen molar-refractivity contribution >= 4 is 27.5 Å². The molecule has 1 N–H and O–H groups in total. The highest BCUT2D eigenvalue weighted by atomic mass is 79.9. The van der Waals surface area contributed by atoms with Gasteiger partial charge in [0.25, 0.3) is 5.91 Å². The Balaban J connectivity index is 1.94. The van der Waals surface area contributed by atoms with Gasteiger partial charge in [0.15, 0.2) is 6.61 Å². The van der Waals surface area contributed by atoms with Crippen molar-refractivity contribution in [2.45, 2.75) is 26.2 Å². The van der Waals surface area contributed by atoms with E-state index >= 15 is 0 Å². The number of nitrogens with one attached hydrogen (secondary N) is 1. The van der Waals surface area contributed by atoms with Crippen molar-refractivity contribution in [2.24, 2.45) is 0 Å². The molecule has 0 radical (unpaired) electrons. The van der Waals surface area contributed by atoms with Crippen molar-refractivity contribution in [3.63, 3.8) is 0 Å². The highest BCUT2D eigenvalue weighted by molar-refractivity contribution is 9.10. The molecular formula is C21H24BrNO3. The summed E-state index contributed by atoms with van der Waals surface area (Å²) >= 11 is 3.51. The van der Waals surface area contributed by atoms with Crippen molar-refractivity contribution in [2.75, 3.05) is 18.5 Å². The van der Waals surface area contributed by atoms with Gasteiger partial charge in [-0.2, -0.15) is 0 Å². The molecule has 0 bridgehead atoms. The van der Waals surface area contributed by atoms with Crippen LogP contribution in [-0.2, 0) is 10.2 Å². The molecule has 1 amide bonds. The zero-order chi connectivity index (χ0) is 19.2. The molecule has 0 aliphatic heterocycles. The molecule has 26 heavy (non-hydrogen) atoms. The van der Waals surface area contributed by atoms with Crippen LogP contribution in [-0.4, -0.2) is 19.1 Å². The standard InChI is InChI=1S/C21H24BrNO3/c1-5-11-25-17-8-6-7-16(13-17)23-20(24)14-26-19-10-9-15(12-18(19)22)21(2,3)4/h5-10,12-13H,1,11,14H2,2-4H3,(H,23,24). The minimum atomic E-state index is -0.238. The molecule has 0 aliphatic rings. The first-order chi connectivity index (χ1) is 12.3. The van der Waals surface area contributed by atoms with E-state index in [1.54, 1.807) is 18.2 Å². The third-order valence-electron chi connectivity index (χ3n) is 3.64. The molecular weight excluding hydrogens is 394 g/mol. The maximum absolute atomic E-state index is 12.1. The van der Waals surface area contributed by atoms with Gasteiger partial charge in [0, 0.05) is 11.8 Å². The Morgan fingerprint density at radius 2 is 1.96 bits per heavy atom. The van der Waals surface area contributed by atoms with Crippen molar-refractivity contribution in [1.29, 1.82) is 0 Å². The lowest BCUT2D eigenvalue weighted by atomic mass is 9.87. The molecule has 0 heterocycles. The Labute approximate surface area is 163 Å². The lowest BCUT2D eigenvalue weighted by molar-refractivity contribution is -0.118. The Hall–Kier alpha value is -2.27. The Morgan fingerprint density at radius 3 is 2.62 bits per heavy atom. The number of carbonyl (C=O) groups is 1. The molecule has 0 saturated carbocycles. The lowest BCUT2D eigenvalue weighted by Crippen LogP contribution is -2.20. The summed E-state index contributed by atoms with van der Waals surface area (Å²) in [6.07, 6.45) is 1.67. The maximum atomic E-state index is 12.1. The van der Waals surface area contributed by atoms with E-state index in [1.807, 2.05) is 30.3 Å². The van der Waals surface area contributed by atoms with Crippen molar-refractivity contribution in [1.82, 2.24) is 0 Å². The summed E-state index contributed by atoms with van der Waals surface area (Å²) in [6.45, 7) is 10.4. The summed E-state index contributed by atoms with van der Waals surface area (Å²) in [5, 5.41) is 2.80. The number of ether oxygens (including phenoxy) is 2. The first-order valence-electron chi connectivity index (χ1n) is 8.36. The van der Waals surface area contributed by atoms with Gasteiger partial charge in [-0.1, -0.05) is 45.6 Å². The number of benzene rings is 2. The Kier molecular flexibility index (Phi) is 6.86. The number of rotatable bonds is 7. The number of anilines is 1. The molecule has 5 heteroatoms. The summed E-state index contributed by atoms with van der Waals surface area (Å²) in [5.74, 6) is 1.07. The third-order valence-corrected chi connectivity index (χ3v) is 4.26. The summed E-state index contributed by atoms with van der Waals surface area (Å²) in [4.78, 5) is 12.1. The molecule has 0 spiro atoms. The van der Waals surface area contributed by atoms with Crippen LogP contribution in [0, 0.1) is 0 Å². The lowest BCUT2D eigenvalue weighted by Gasteiger charge is -2.20. The molecule has 0 saturated heterocycles. The van der Waals surface area contributed by atoms with Gasteiger partial charge in [0.05, 0.1) is 4.47 Å². The van der Waals surface area contributed by atoms with E-state index in [2.05, 4.69) is 48.6 Å². The van der Waals surface area contributed by atoms with E-state index in [9.17, 15) is 4.79 Å². The van der Waals surface area contributed by atoms with Crippen LogP contribution >= 0.6 is 15.9 Å². The van der Waals surface area contributed by atoms with Gasteiger partial charge in [-0.15, -0.1) is 0 Å². The molecule has 0 aromatic heterocycles. The zero-order valence-electron chi connectivity index (χ0n) is 15.3. The fourth-order valence-electron chi connectivity index (χ4n) is 2.24. The largest absolute Gasteiger partial charge is 0.489 e. The summed E-state index contributed by atoms with van der Waals surface area (Å²) < 4.78 is 11.9. The zero-order valence-corrected chi connectivity index (χ0v) is 16.9. The average Bonchev–Trinajstić information content (AvgIpc) is 2.58. The van der Waals surface area contributed by atoms with Crippen LogP contribution in [0.5, 0.6) is 11.5 Å². The SMILES string of the molecule is C=CCOc1cccc(NC(=O)COc2ccc(C(C)(C)C)cc2Br)c1. The fraction of sp³-hybridized carbons (Fsp3) is 0.286. The van der Waals surface area contributed by atoms with Crippen LogP contribution in [0.25, 0.3) is 0 Å². The van der Waals surface area contributed by atoms with Crippen LogP contribution in [0.4, 0.5) is 5.69 Å². The van der Waals surface area contributed by atoms with Gasteiger partial charge in [-0.25, -0.2) is 0 Å². The predicted octanol–water partition coefficient (Wildman–Crippen LogP) is 5.33. The van der Waals surface area contributed by atoms with Crippen LogP contribution < -0.4 is 14.8 Å². The topological polar surface area (TPSA) is 47.6 Å². The molecule has 0 atom stereocenters.